The Morgan fingerprint density at radius 3 is 2.47 bits per heavy atom. The van der Waals surface area contributed by atoms with Crippen LogP contribution in [0.1, 0.15) is 18.7 Å². The predicted octanol–water partition coefficient (Wildman–Crippen LogP) is 4.09. The van der Waals surface area contributed by atoms with Crippen molar-refractivity contribution in [2.45, 2.75) is 19.4 Å². The number of carbonyl (C=O) groups excluding carboxylic acids is 1. The van der Waals surface area contributed by atoms with Gasteiger partial charge in [-0.1, -0.05) is 28.9 Å². The molecule has 3 heterocycles. The lowest BCUT2D eigenvalue weighted by Gasteiger charge is -2.39. The summed E-state index contributed by atoms with van der Waals surface area (Å²) in [6.07, 6.45) is 1.65. The quantitative estimate of drug-likeness (QED) is 0.544. The monoisotopic (exact) mass is 483 g/mol. The van der Waals surface area contributed by atoms with Gasteiger partial charge in [-0.25, -0.2) is 4.39 Å². The first-order valence-electron chi connectivity index (χ1n) is 11.7. The zero-order valence-electron chi connectivity index (χ0n) is 18.9. The maximum absolute atomic E-state index is 13.2. The number of hydrogen-bond donors (Lipinski definition) is 0. The van der Waals surface area contributed by atoms with Crippen LogP contribution in [0.3, 0.4) is 0 Å². The Kier molecular flexibility index (Phi) is 6.78. The summed E-state index contributed by atoms with van der Waals surface area (Å²) < 4.78 is 18.6. The molecule has 178 valence electrons. The van der Waals surface area contributed by atoms with E-state index in [9.17, 15) is 9.18 Å². The highest BCUT2D eigenvalue weighted by atomic mass is 35.5. The first kappa shape index (κ1) is 22.8. The zero-order valence-corrected chi connectivity index (χ0v) is 19.6. The number of halogens is 2. The molecule has 0 bridgehead atoms. The van der Waals surface area contributed by atoms with Crippen LogP contribution < -0.4 is 4.90 Å². The molecule has 34 heavy (non-hydrogen) atoms. The summed E-state index contributed by atoms with van der Waals surface area (Å²) in [5, 5.41) is 4.71. The minimum absolute atomic E-state index is 0.0540. The van der Waals surface area contributed by atoms with Crippen LogP contribution in [0.5, 0.6) is 0 Å². The van der Waals surface area contributed by atoms with Crippen molar-refractivity contribution in [2.24, 2.45) is 5.92 Å². The van der Waals surface area contributed by atoms with E-state index in [0.717, 1.165) is 50.3 Å². The van der Waals surface area contributed by atoms with Crippen LogP contribution in [0.25, 0.3) is 11.4 Å². The van der Waals surface area contributed by atoms with Gasteiger partial charge < -0.3 is 14.3 Å². The summed E-state index contributed by atoms with van der Waals surface area (Å²) in [6, 6.07) is 13.9. The van der Waals surface area contributed by atoms with Crippen molar-refractivity contribution in [2.75, 3.05) is 44.2 Å². The second kappa shape index (κ2) is 10.1. The molecule has 7 nitrogen and oxygen atoms in total. The van der Waals surface area contributed by atoms with Gasteiger partial charge in [0.1, 0.15) is 5.82 Å². The van der Waals surface area contributed by atoms with Gasteiger partial charge >= 0.3 is 0 Å². The first-order valence-corrected chi connectivity index (χ1v) is 12.0. The molecule has 2 aliphatic rings. The summed E-state index contributed by atoms with van der Waals surface area (Å²) in [6.45, 7) is 5.15. The van der Waals surface area contributed by atoms with Crippen molar-refractivity contribution >= 4 is 23.2 Å². The topological polar surface area (TPSA) is 65.7 Å². The fraction of sp³-hybridized carbons (Fsp3) is 0.400. The lowest BCUT2D eigenvalue weighted by atomic mass is 9.95. The van der Waals surface area contributed by atoms with E-state index in [0.29, 0.717) is 36.4 Å². The molecule has 9 heteroatoms. The molecule has 0 unspecified atom stereocenters. The molecule has 2 aromatic carbocycles. The van der Waals surface area contributed by atoms with E-state index in [4.69, 9.17) is 16.1 Å². The van der Waals surface area contributed by atoms with Gasteiger partial charge in [0.15, 0.2) is 0 Å². The van der Waals surface area contributed by atoms with Crippen LogP contribution in [0.4, 0.5) is 10.1 Å². The third kappa shape index (κ3) is 5.23. The number of piperidine rings is 1. The molecule has 3 aromatic rings. The molecule has 0 N–H and O–H groups in total. The van der Waals surface area contributed by atoms with Gasteiger partial charge in [0.05, 0.1) is 6.54 Å². The highest BCUT2D eigenvalue weighted by Crippen LogP contribution is 2.24. The Hall–Kier alpha value is -2.97. The maximum Gasteiger partial charge on any atom is 0.241 e. The standard InChI is InChI=1S/C25H27ClFN5O2/c26-20-3-1-2-19(16-20)24-28-23(34-29-24)17-30-10-8-18(9-11-30)25(33)32-14-12-31(13-15-32)22-6-4-21(27)5-7-22/h1-7,16,18H,8-15,17H2. The fourth-order valence-corrected chi connectivity index (χ4v) is 4.88. The minimum atomic E-state index is -0.232. The predicted molar refractivity (Wildman–Crippen MR) is 128 cm³/mol. The number of piperazine rings is 1. The third-order valence-electron chi connectivity index (χ3n) is 6.63. The highest BCUT2D eigenvalue weighted by molar-refractivity contribution is 6.30. The SMILES string of the molecule is O=C(C1CCN(Cc2nc(-c3cccc(Cl)c3)no2)CC1)N1CCN(c2ccc(F)cc2)CC1. The molecule has 0 saturated carbocycles. The van der Waals surface area contributed by atoms with Gasteiger partial charge in [-0.05, 0) is 62.3 Å². The van der Waals surface area contributed by atoms with Gasteiger partial charge in [-0.3, -0.25) is 9.69 Å². The number of rotatable bonds is 5. The van der Waals surface area contributed by atoms with Crippen LogP contribution in [-0.4, -0.2) is 65.1 Å². The molecule has 2 aliphatic heterocycles. The first-order chi connectivity index (χ1) is 16.5. The maximum atomic E-state index is 13.2. The van der Waals surface area contributed by atoms with Crippen molar-refractivity contribution in [1.29, 1.82) is 0 Å². The Morgan fingerprint density at radius 1 is 1.03 bits per heavy atom. The largest absolute Gasteiger partial charge is 0.368 e. The number of amides is 1. The van der Waals surface area contributed by atoms with E-state index < -0.39 is 0 Å². The summed E-state index contributed by atoms with van der Waals surface area (Å²) in [5.41, 5.74) is 1.83. The molecule has 0 radical (unpaired) electrons. The third-order valence-corrected chi connectivity index (χ3v) is 6.86. The van der Waals surface area contributed by atoms with Crippen molar-refractivity contribution in [1.82, 2.24) is 19.9 Å². The molecular formula is C25H27ClFN5O2. The summed E-state index contributed by atoms with van der Waals surface area (Å²) >= 11 is 6.05. The van der Waals surface area contributed by atoms with E-state index >= 15 is 0 Å². The molecular weight excluding hydrogens is 457 g/mol. The van der Waals surface area contributed by atoms with Gasteiger partial charge in [0, 0.05) is 48.4 Å². The Labute approximate surface area is 203 Å². The number of benzene rings is 2. The number of hydrogen-bond acceptors (Lipinski definition) is 6. The molecule has 2 saturated heterocycles. The Balaban J connectivity index is 1.09. The summed E-state index contributed by atoms with van der Waals surface area (Å²) in [4.78, 5) is 24.0. The van der Waals surface area contributed by atoms with Crippen molar-refractivity contribution in [3.8, 4) is 11.4 Å². The van der Waals surface area contributed by atoms with Crippen LogP contribution in [0.15, 0.2) is 53.1 Å². The lowest BCUT2D eigenvalue weighted by Crippen LogP contribution is -2.51. The van der Waals surface area contributed by atoms with Crippen molar-refractivity contribution in [3.63, 3.8) is 0 Å². The highest BCUT2D eigenvalue weighted by Gasteiger charge is 2.31. The van der Waals surface area contributed by atoms with E-state index in [1.165, 1.54) is 12.1 Å². The van der Waals surface area contributed by atoms with E-state index in [2.05, 4.69) is 19.9 Å². The molecule has 1 amide bonds. The number of aromatic nitrogens is 2. The smallest absolute Gasteiger partial charge is 0.241 e. The summed E-state index contributed by atoms with van der Waals surface area (Å²) in [7, 11) is 0. The second-order valence-corrected chi connectivity index (χ2v) is 9.30. The average Bonchev–Trinajstić information content (AvgIpc) is 3.33. The second-order valence-electron chi connectivity index (χ2n) is 8.86. The molecule has 1 aromatic heterocycles. The lowest BCUT2D eigenvalue weighted by molar-refractivity contribution is -0.137. The molecule has 0 spiro atoms. The van der Waals surface area contributed by atoms with Gasteiger partial charge in [0.2, 0.25) is 17.6 Å². The molecule has 5 rings (SSSR count). The number of nitrogens with zero attached hydrogens (tertiary/aromatic N) is 5. The fourth-order valence-electron chi connectivity index (χ4n) is 4.69. The van der Waals surface area contributed by atoms with Crippen LogP contribution in [0, 0.1) is 11.7 Å². The average molecular weight is 484 g/mol. The summed E-state index contributed by atoms with van der Waals surface area (Å²) in [5.74, 6) is 1.17. The van der Waals surface area contributed by atoms with Crippen molar-refractivity contribution < 1.29 is 13.7 Å². The molecule has 0 aliphatic carbocycles. The zero-order chi connectivity index (χ0) is 23.5. The molecule has 0 atom stereocenters. The van der Waals surface area contributed by atoms with E-state index in [-0.39, 0.29) is 17.6 Å². The van der Waals surface area contributed by atoms with Crippen molar-refractivity contribution in [3.05, 3.63) is 65.3 Å². The van der Waals surface area contributed by atoms with Gasteiger partial charge in [0.25, 0.3) is 0 Å². The Bertz CT molecular complexity index is 1120. The van der Waals surface area contributed by atoms with E-state index in [1.54, 1.807) is 12.1 Å². The number of likely N-dealkylation sites (tertiary alicyclic amines) is 1. The van der Waals surface area contributed by atoms with Crippen LogP contribution in [-0.2, 0) is 11.3 Å². The van der Waals surface area contributed by atoms with Gasteiger partial charge in [-0.15, -0.1) is 0 Å². The number of carbonyl (C=O) groups is 1. The van der Waals surface area contributed by atoms with Crippen LogP contribution in [0.2, 0.25) is 5.02 Å². The normalized spacial score (nSPS) is 17.8. The van der Waals surface area contributed by atoms with Crippen LogP contribution >= 0.6 is 11.6 Å². The molecule has 2 fully saturated rings. The Morgan fingerprint density at radius 2 is 1.76 bits per heavy atom. The van der Waals surface area contributed by atoms with Gasteiger partial charge in [-0.2, -0.15) is 4.98 Å². The minimum Gasteiger partial charge on any atom is -0.368 e. The number of anilines is 1. The van der Waals surface area contributed by atoms with E-state index in [1.807, 2.05) is 29.2 Å².